The molecule has 0 spiro atoms. The second-order valence-corrected chi connectivity index (χ2v) is 9.44. The fourth-order valence-corrected chi connectivity index (χ4v) is 4.23. The van der Waals surface area contributed by atoms with E-state index < -0.39 is 17.7 Å². The SMILES string of the molecule is Cc1ccc(/C(O)=C2\C(=O)C(=O)N(c3nncs3)[C@@H]2c2ccc(C(C)(C)C)cc2)cc1. The van der Waals surface area contributed by atoms with Gasteiger partial charge in [-0.25, -0.2) is 0 Å². The first-order valence-electron chi connectivity index (χ1n) is 9.93. The topological polar surface area (TPSA) is 83.4 Å². The van der Waals surface area contributed by atoms with E-state index in [1.165, 1.54) is 21.7 Å². The number of hydrogen-bond acceptors (Lipinski definition) is 6. The predicted molar refractivity (Wildman–Crippen MR) is 121 cm³/mol. The number of carbonyl (C=O) groups excluding carboxylic acids is 2. The normalized spacial score (nSPS) is 18.6. The molecule has 1 atom stereocenters. The Morgan fingerprint density at radius 3 is 2.23 bits per heavy atom. The molecule has 158 valence electrons. The minimum atomic E-state index is -0.789. The van der Waals surface area contributed by atoms with Crippen LogP contribution in [0.5, 0.6) is 0 Å². The molecule has 1 aromatic heterocycles. The van der Waals surface area contributed by atoms with Crippen molar-refractivity contribution in [3.63, 3.8) is 0 Å². The van der Waals surface area contributed by atoms with Crippen molar-refractivity contribution in [1.29, 1.82) is 0 Å². The monoisotopic (exact) mass is 433 g/mol. The Kier molecular flexibility index (Phi) is 5.23. The van der Waals surface area contributed by atoms with Gasteiger partial charge in [-0.3, -0.25) is 14.5 Å². The van der Waals surface area contributed by atoms with Gasteiger partial charge < -0.3 is 5.11 Å². The third-order valence-electron chi connectivity index (χ3n) is 5.42. The highest BCUT2D eigenvalue weighted by atomic mass is 32.1. The predicted octanol–water partition coefficient (Wildman–Crippen LogP) is 4.77. The number of amides is 1. The molecule has 1 saturated heterocycles. The number of aromatic nitrogens is 2. The standard InChI is InChI=1S/C24H23N3O3S/c1-14-5-7-16(8-6-14)20(28)18-19(15-9-11-17(12-10-15)24(2,3)4)27(22(30)21(18)29)23-26-25-13-31-23/h5-13,19,28H,1-4H3/b20-18+/t19-/m1/s1. The molecule has 1 aliphatic rings. The molecule has 1 fully saturated rings. The zero-order chi connectivity index (χ0) is 22.3. The lowest BCUT2D eigenvalue weighted by Gasteiger charge is -2.24. The number of ketones is 1. The molecule has 6 nitrogen and oxygen atoms in total. The van der Waals surface area contributed by atoms with Crippen LogP contribution in [0, 0.1) is 6.92 Å². The number of benzene rings is 2. The average molecular weight is 434 g/mol. The van der Waals surface area contributed by atoms with Crippen molar-refractivity contribution in [3.8, 4) is 0 Å². The van der Waals surface area contributed by atoms with Crippen LogP contribution in [0.4, 0.5) is 5.13 Å². The lowest BCUT2D eigenvalue weighted by atomic mass is 9.85. The van der Waals surface area contributed by atoms with Crippen molar-refractivity contribution in [2.75, 3.05) is 4.90 Å². The summed E-state index contributed by atoms with van der Waals surface area (Å²) < 4.78 is 0. The van der Waals surface area contributed by atoms with Crippen LogP contribution in [-0.2, 0) is 15.0 Å². The van der Waals surface area contributed by atoms with Gasteiger partial charge in [0.2, 0.25) is 5.13 Å². The fraction of sp³-hybridized carbons (Fsp3) is 0.250. The van der Waals surface area contributed by atoms with E-state index in [0.29, 0.717) is 10.7 Å². The quantitative estimate of drug-likeness (QED) is 0.365. The van der Waals surface area contributed by atoms with E-state index >= 15 is 0 Å². The van der Waals surface area contributed by atoms with Gasteiger partial charge in [0, 0.05) is 5.56 Å². The van der Waals surface area contributed by atoms with Crippen molar-refractivity contribution in [1.82, 2.24) is 10.2 Å². The van der Waals surface area contributed by atoms with Crippen LogP contribution in [-0.4, -0.2) is 27.0 Å². The van der Waals surface area contributed by atoms with Crippen molar-refractivity contribution in [2.24, 2.45) is 0 Å². The molecule has 7 heteroatoms. The van der Waals surface area contributed by atoms with Crippen LogP contribution in [0.2, 0.25) is 0 Å². The van der Waals surface area contributed by atoms with Crippen molar-refractivity contribution < 1.29 is 14.7 Å². The van der Waals surface area contributed by atoms with E-state index in [4.69, 9.17) is 0 Å². The van der Waals surface area contributed by atoms with E-state index in [2.05, 4.69) is 31.0 Å². The molecule has 2 aromatic carbocycles. The number of rotatable bonds is 3. The first-order valence-corrected chi connectivity index (χ1v) is 10.8. The summed E-state index contributed by atoms with van der Waals surface area (Å²) in [5, 5.41) is 19.2. The van der Waals surface area contributed by atoms with Gasteiger partial charge in [0.1, 0.15) is 11.3 Å². The Labute approximate surface area is 184 Å². The summed E-state index contributed by atoms with van der Waals surface area (Å²) in [5.41, 5.74) is 4.87. The minimum absolute atomic E-state index is 0.0402. The molecule has 2 heterocycles. The second-order valence-electron chi connectivity index (χ2n) is 8.63. The number of aliphatic hydroxyl groups is 1. The number of aliphatic hydroxyl groups excluding tert-OH is 1. The number of carbonyl (C=O) groups is 2. The average Bonchev–Trinajstić information content (AvgIpc) is 3.34. The first kappa shape index (κ1) is 20.9. The number of Topliss-reactive ketones (excluding diaryl/α,β-unsaturated/α-hetero) is 1. The molecule has 4 rings (SSSR count). The van der Waals surface area contributed by atoms with Crippen LogP contribution in [0.25, 0.3) is 5.76 Å². The number of hydrogen-bond donors (Lipinski definition) is 1. The molecule has 0 saturated carbocycles. The maximum Gasteiger partial charge on any atom is 0.301 e. The molecule has 1 aliphatic heterocycles. The van der Waals surface area contributed by atoms with Gasteiger partial charge in [0.15, 0.2) is 0 Å². The van der Waals surface area contributed by atoms with Crippen LogP contribution < -0.4 is 4.90 Å². The molecule has 1 amide bonds. The largest absolute Gasteiger partial charge is 0.507 e. The number of aryl methyl sites for hydroxylation is 1. The summed E-state index contributed by atoms with van der Waals surface area (Å²) in [7, 11) is 0. The Hall–Kier alpha value is -3.32. The molecule has 31 heavy (non-hydrogen) atoms. The summed E-state index contributed by atoms with van der Waals surface area (Å²) >= 11 is 1.17. The van der Waals surface area contributed by atoms with Crippen molar-refractivity contribution in [3.05, 3.63) is 81.9 Å². The van der Waals surface area contributed by atoms with Crippen LogP contribution in [0.3, 0.4) is 0 Å². The maximum atomic E-state index is 13.0. The van der Waals surface area contributed by atoms with Gasteiger partial charge in [0.25, 0.3) is 5.78 Å². The Morgan fingerprint density at radius 1 is 1.03 bits per heavy atom. The van der Waals surface area contributed by atoms with Gasteiger partial charge in [0.05, 0.1) is 11.6 Å². The van der Waals surface area contributed by atoms with Crippen LogP contribution in [0.1, 0.15) is 49.1 Å². The van der Waals surface area contributed by atoms with Crippen molar-refractivity contribution in [2.45, 2.75) is 39.2 Å². The van der Waals surface area contributed by atoms with E-state index in [1.807, 2.05) is 43.3 Å². The maximum absolute atomic E-state index is 13.0. The van der Waals surface area contributed by atoms with Gasteiger partial charge in [-0.15, -0.1) is 10.2 Å². The van der Waals surface area contributed by atoms with E-state index in [1.54, 1.807) is 12.1 Å². The zero-order valence-electron chi connectivity index (χ0n) is 17.8. The van der Waals surface area contributed by atoms with E-state index in [-0.39, 0.29) is 16.7 Å². The highest BCUT2D eigenvalue weighted by Gasteiger charge is 2.48. The Balaban J connectivity index is 1.90. The summed E-state index contributed by atoms with van der Waals surface area (Å²) in [4.78, 5) is 27.4. The first-order chi connectivity index (χ1) is 14.7. The fourth-order valence-electron chi connectivity index (χ4n) is 3.65. The summed E-state index contributed by atoms with van der Waals surface area (Å²) in [6.07, 6.45) is 0. The Morgan fingerprint density at radius 2 is 1.68 bits per heavy atom. The molecule has 0 unspecified atom stereocenters. The molecule has 1 N–H and O–H groups in total. The van der Waals surface area contributed by atoms with E-state index in [0.717, 1.165) is 16.7 Å². The smallest absolute Gasteiger partial charge is 0.301 e. The van der Waals surface area contributed by atoms with Gasteiger partial charge in [-0.05, 0) is 23.5 Å². The summed E-state index contributed by atoms with van der Waals surface area (Å²) in [6.45, 7) is 8.29. The molecule has 0 radical (unpaired) electrons. The lowest BCUT2D eigenvalue weighted by Crippen LogP contribution is -2.29. The minimum Gasteiger partial charge on any atom is -0.507 e. The van der Waals surface area contributed by atoms with Crippen LogP contribution >= 0.6 is 11.3 Å². The molecular weight excluding hydrogens is 410 g/mol. The second kappa shape index (κ2) is 7.74. The highest BCUT2D eigenvalue weighted by molar-refractivity contribution is 7.13. The summed E-state index contributed by atoms with van der Waals surface area (Å²) in [6, 6.07) is 14.2. The number of nitrogens with zero attached hydrogens (tertiary/aromatic N) is 3. The van der Waals surface area contributed by atoms with E-state index in [9.17, 15) is 14.7 Å². The van der Waals surface area contributed by atoms with Gasteiger partial charge in [-0.1, -0.05) is 86.2 Å². The number of anilines is 1. The third kappa shape index (κ3) is 3.77. The van der Waals surface area contributed by atoms with Gasteiger partial charge >= 0.3 is 5.91 Å². The lowest BCUT2D eigenvalue weighted by molar-refractivity contribution is -0.132. The molecule has 0 aliphatic carbocycles. The molecule has 3 aromatic rings. The molecular formula is C24H23N3O3S. The highest BCUT2D eigenvalue weighted by Crippen LogP contribution is 2.42. The molecule has 0 bridgehead atoms. The van der Waals surface area contributed by atoms with Crippen LogP contribution in [0.15, 0.2) is 59.6 Å². The third-order valence-corrected chi connectivity index (χ3v) is 6.11. The van der Waals surface area contributed by atoms with Crippen molar-refractivity contribution >= 4 is 33.9 Å². The summed E-state index contributed by atoms with van der Waals surface area (Å²) in [5.74, 6) is -1.66. The zero-order valence-corrected chi connectivity index (χ0v) is 18.6. The Bertz CT molecular complexity index is 1160. The van der Waals surface area contributed by atoms with Gasteiger partial charge in [-0.2, -0.15) is 0 Å².